The quantitative estimate of drug-likeness (QED) is 0.307. The summed E-state index contributed by atoms with van der Waals surface area (Å²) in [5.41, 5.74) is 0.899. The zero-order valence-corrected chi connectivity index (χ0v) is 20.7. The molecular weight excluding hydrogens is 536 g/mol. The molecule has 0 aliphatic carbocycles. The summed E-state index contributed by atoms with van der Waals surface area (Å²) in [7, 11) is 1.31. The van der Waals surface area contributed by atoms with Crippen LogP contribution in [0.25, 0.3) is 11.3 Å². The molecule has 14 heteroatoms. The number of aromatic nitrogens is 1. The Morgan fingerprint density at radius 3 is 2.61 bits per heavy atom. The summed E-state index contributed by atoms with van der Waals surface area (Å²) in [4.78, 5) is 25.8. The average Bonchev–Trinajstić information content (AvgIpc) is 3.34. The lowest BCUT2D eigenvalue weighted by Gasteiger charge is -2.27. The molecule has 9 nitrogen and oxygen atoms in total. The van der Waals surface area contributed by atoms with E-state index in [1.54, 1.807) is 6.07 Å². The van der Waals surface area contributed by atoms with Gasteiger partial charge < -0.3 is 24.2 Å². The molecule has 204 valence electrons. The molecule has 0 fully saturated rings. The van der Waals surface area contributed by atoms with E-state index >= 15 is 0 Å². The Balaban J connectivity index is 1.57. The van der Waals surface area contributed by atoms with Gasteiger partial charge in [-0.15, -0.1) is 0 Å². The zero-order valence-electron chi connectivity index (χ0n) is 19.9. The fraction of sp³-hybridized carbons (Fsp3) is 0.292. The minimum Gasteiger partial charge on any atom is -0.447 e. The maximum atomic E-state index is 13.6. The van der Waals surface area contributed by atoms with E-state index in [-0.39, 0.29) is 35.3 Å². The Hall–Kier alpha value is -3.84. The molecule has 3 rings (SSSR count). The van der Waals surface area contributed by atoms with Crippen molar-refractivity contribution in [1.29, 1.82) is 0 Å². The van der Waals surface area contributed by atoms with Crippen LogP contribution < -0.4 is 10.6 Å². The first-order valence-electron chi connectivity index (χ1n) is 11.1. The smallest absolute Gasteiger partial charge is 0.414 e. The number of amides is 2. The molecule has 0 bridgehead atoms. The summed E-state index contributed by atoms with van der Waals surface area (Å²) in [6, 6.07) is 10.0. The van der Waals surface area contributed by atoms with E-state index in [1.807, 2.05) is 0 Å². The van der Waals surface area contributed by atoms with Crippen molar-refractivity contribution in [3.05, 3.63) is 70.8 Å². The van der Waals surface area contributed by atoms with Crippen LogP contribution in [0, 0.1) is 11.6 Å². The van der Waals surface area contributed by atoms with Gasteiger partial charge in [0.2, 0.25) is 5.88 Å². The van der Waals surface area contributed by atoms with Gasteiger partial charge in [-0.05, 0) is 18.2 Å². The molecule has 0 radical (unpaired) electrons. The normalized spacial score (nSPS) is 11.8. The number of benzene rings is 2. The number of halogens is 5. The number of likely N-dealkylation sites (N-methyl/N-ethyl adjacent to an activating group) is 1. The number of nitrogens with one attached hydrogen (secondary N) is 2. The predicted octanol–water partition coefficient (Wildman–Crippen LogP) is 5.31. The van der Waals surface area contributed by atoms with Gasteiger partial charge in [0.25, 0.3) is 6.43 Å². The van der Waals surface area contributed by atoms with Gasteiger partial charge in [-0.1, -0.05) is 41.0 Å². The molecule has 0 spiro atoms. The highest BCUT2D eigenvalue weighted by Crippen LogP contribution is 2.23. The van der Waals surface area contributed by atoms with Crippen molar-refractivity contribution in [3.8, 4) is 11.3 Å². The van der Waals surface area contributed by atoms with Crippen molar-refractivity contribution in [2.75, 3.05) is 32.1 Å². The number of ether oxygens (including phenoxy) is 2. The fourth-order valence-electron chi connectivity index (χ4n) is 3.14. The van der Waals surface area contributed by atoms with Crippen LogP contribution in [0.15, 0.2) is 53.1 Å². The van der Waals surface area contributed by atoms with Gasteiger partial charge in [0.15, 0.2) is 0 Å². The van der Waals surface area contributed by atoms with Crippen molar-refractivity contribution in [2.45, 2.75) is 19.1 Å². The molecular formula is C24H23ClF4N4O5. The summed E-state index contributed by atoms with van der Waals surface area (Å²) in [5, 5.41) is 8.31. The first-order valence-corrected chi connectivity index (χ1v) is 11.5. The minimum atomic E-state index is -2.65. The molecule has 1 aromatic heterocycles. The predicted molar refractivity (Wildman–Crippen MR) is 129 cm³/mol. The molecule has 1 atom stereocenters. The largest absolute Gasteiger partial charge is 0.447 e. The van der Waals surface area contributed by atoms with E-state index < -0.39 is 49.4 Å². The van der Waals surface area contributed by atoms with Crippen LogP contribution in [0.2, 0.25) is 5.02 Å². The molecule has 2 N–H and O–H groups in total. The van der Waals surface area contributed by atoms with Crippen molar-refractivity contribution >= 4 is 29.7 Å². The second kappa shape index (κ2) is 13.6. The van der Waals surface area contributed by atoms with Crippen LogP contribution in [-0.2, 0) is 16.1 Å². The second-order valence-corrected chi connectivity index (χ2v) is 8.27. The van der Waals surface area contributed by atoms with E-state index in [2.05, 4.69) is 15.8 Å². The molecule has 0 saturated carbocycles. The van der Waals surface area contributed by atoms with E-state index in [4.69, 9.17) is 25.6 Å². The number of carbonyl (C=O) groups excluding carboxylic acids is 2. The Morgan fingerprint density at radius 1 is 1.11 bits per heavy atom. The molecule has 3 aromatic rings. The van der Waals surface area contributed by atoms with Gasteiger partial charge in [-0.25, -0.2) is 27.2 Å². The number of hydrogen-bond donors (Lipinski definition) is 2. The van der Waals surface area contributed by atoms with Crippen molar-refractivity contribution < 1.29 is 41.1 Å². The number of alkyl halides is 2. The van der Waals surface area contributed by atoms with E-state index in [0.29, 0.717) is 5.56 Å². The lowest BCUT2D eigenvalue weighted by molar-refractivity contribution is 0.0675. The second-order valence-electron chi connectivity index (χ2n) is 7.89. The van der Waals surface area contributed by atoms with Crippen LogP contribution in [-0.4, -0.2) is 61.5 Å². The molecule has 2 amide bonds. The van der Waals surface area contributed by atoms with Crippen LogP contribution >= 0.6 is 11.6 Å². The van der Waals surface area contributed by atoms with Crippen LogP contribution in [0.1, 0.15) is 5.56 Å². The lowest BCUT2D eigenvalue weighted by Crippen LogP contribution is -2.47. The standard InChI is InChI=1S/C24H23ClF4N4O5/c1-33(24(35)37-12-15-5-3-7-18(27)22(15)25)17(10-30-11-20(28)29)13-36-23(34)31-21-9-19(32-38-21)14-4-2-6-16(26)8-14/h2-9,17,20,30H,10-13H2,1H3,(H,31,34)/t17-/m0/s1. The van der Waals surface area contributed by atoms with Crippen molar-refractivity contribution in [3.63, 3.8) is 0 Å². The van der Waals surface area contributed by atoms with Gasteiger partial charge in [0, 0.05) is 30.8 Å². The summed E-state index contributed by atoms with van der Waals surface area (Å²) >= 11 is 5.86. The van der Waals surface area contributed by atoms with Crippen LogP contribution in [0.4, 0.5) is 33.0 Å². The first kappa shape index (κ1) is 28.7. The summed E-state index contributed by atoms with van der Waals surface area (Å²) in [6.45, 7) is -1.60. The minimum absolute atomic E-state index is 0.0960. The lowest BCUT2D eigenvalue weighted by atomic mass is 10.1. The third kappa shape index (κ3) is 8.35. The zero-order chi connectivity index (χ0) is 27.7. The molecule has 0 saturated heterocycles. The summed E-state index contributed by atoms with van der Waals surface area (Å²) in [5.74, 6) is -1.26. The number of rotatable bonds is 11. The van der Waals surface area contributed by atoms with E-state index in [9.17, 15) is 27.2 Å². The SMILES string of the molecule is CN(C(=O)OCc1cccc(F)c1Cl)[C@@H](CNCC(F)F)COC(=O)Nc1cc(-c2cccc(F)c2)no1. The number of hydrogen-bond acceptors (Lipinski definition) is 7. The number of nitrogens with zero attached hydrogens (tertiary/aromatic N) is 2. The highest BCUT2D eigenvalue weighted by atomic mass is 35.5. The molecule has 1 heterocycles. The Kier molecular flexibility index (Phi) is 10.3. The Morgan fingerprint density at radius 2 is 1.87 bits per heavy atom. The molecule has 0 aliphatic rings. The maximum Gasteiger partial charge on any atom is 0.414 e. The molecule has 2 aromatic carbocycles. The van der Waals surface area contributed by atoms with Gasteiger partial charge >= 0.3 is 12.2 Å². The topological polar surface area (TPSA) is 106 Å². The Labute approximate surface area is 219 Å². The summed E-state index contributed by atoms with van der Waals surface area (Å²) in [6.07, 6.45) is -4.53. The van der Waals surface area contributed by atoms with Gasteiger partial charge in [0.1, 0.15) is 30.5 Å². The molecule has 38 heavy (non-hydrogen) atoms. The van der Waals surface area contributed by atoms with Crippen LogP contribution in [0.3, 0.4) is 0 Å². The highest BCUT2D eigenvalue weighted by molar-refractivity contribution is 6.31. The monoisotopic (exact) mass is 558 g/mol. The van der Waals surface area contributed by atoms with Crippen molar-refractivity contribution in [2.24, 2.45) is 0 Å². The first-order chi connectivity index (χ1) is 18.1. The number of carbonyl (C=O) groups is 2. The molecule has 0 unspecified atom stereocenters. The van der Waals surface area contributed by atoms with E-state index in [0.717, 1.165) is 11.0 Å². The van der Waals surface area contributed by atoms with Gasteiger partial charge in [-0.3, -0.25) is 5.32 Å². The third-order valence-electron chi connectivity index (χ3n) is 5.16. The van der Waals surface area contributed by atoms with Crippen LogP contribution in [0.5, 0.6) is 0 Å². The van der Waals surface area contributed by atoms with Gasteiger partial charge in [0.05, 0.1) is 17.6 Å². The van der Waals surface area contributed by atoms with Crippen molar-refractivity contribution in [1.82, 2.24) is 15.4 Å². The average molecular weight is 559 g/mol. The Bertz CT molecular complexity index is 1250. The molecule has 0 aliphatic heterocycles. The third-order valence-corrected chi connectivity index (χ3v) is 5.58. The number of anilines is 1. The summed E-state index contributed by atoms with van der Waals surface area (Å²) < 4.78 is 67.5. The highest BCUT2D eigenvalue weighted by Gasteiger charge is 2.24. The van der Waals surface area contributed by atoms with Gasteiger partial charge in [-0.2, -0.15) is 0 Å². The maximum absolute atomic E-state index is 13.6. The fourth-order valence-corrected chi connectivity index (χ4v) is 3.32. The van der Waals surface area contributed by atoms with E-state index in [1.165, 1.54) is 43.4 Å².